The highest BCUT2D eigenvalue weighted by Gasteiger charge is 2.27. The molecule has 4 rings (SSSR count). The van der Waals surface area contributed by atoms with Crippen LogP contribution in [0.25, 0.3) is 0 Å². The van der Waals surface area contributed by atoms with Crippen molar-refractivity contribution in [2.75, 3.05) is 44.2 Å². The Kier molecular flexibility index (Phi) is 5.54. The fourth-order valence-corrected chi connectivity index (χ4v) is 3.74. The zero-order chi connectivity index (χ0) is 17.8. The molecular formula is C22H28N2O2. The molecule has 0 radical (unpaired) electrons. The summed E-state index contributed by atoms with van der Waals surface area (Å²) in [4.78, 5) is 5.01. The molecule has 2 fully saturated rings. The fraction of sp³-hybridized carbons (Fsp3) is 0.455. The third-order valence-corrected chi connectivity index (χ3v) is 5.33. The van der Waals surface area contributed by atoms with E-state index in [9.17, 15) is 0 Å². The van der Waals surface area contributed by atoms with E-state index in [0.29, 0.717) is 0 Å². The number of hydrogen-bond acceptors (Lipinski definition) is 4. The SMILES string of the molecule is Cc1ccc(N2CCN(CC3CCOC(c4ccccc4)O3)CC2)cc1. The average Bonchev–Trinajstić information content (AvgIpc) is 2.70. The molecule has 0 aromatic heterocycles. The lowest BCUT2D eigenvalue weighted by atomic mass is 10.1. The predicted molar refractivity (Wildman–Crippen MR) is 104 cm³/mol. The molecule has 2 saturated heterocycles. The summed E-state index contributed by atoms with van der Waals surface area (Å²) in [6, 6.07) is 19.1. The molecule has 0 amide bonds. The predicted octanol–water partition coefficient (Wildman–Crippen LogP) is 3.62. The van der Waals surface area contributed by atoms with Crippen LogP contribution in [0.2, 0.25) is 0 Å². The largest absolute Gasteiger partial charge is 0.369 e. The lowest BCUT2D eigenvalue weighted by Gasteiger charge is -2.39. The number of aryl methyl sites for hydroxylation is 1. The van der Waals surface area contributed by atoms with Crippen molar-refractivity contribution in [2.24, 2.45) is 0 Å². The summed E-state index contributed by atoms with van der Waals surface area (Å²) in [5.74, 6) is 0. The van der Waals surface area contributed by atoms with E-state index in [0.717, 1.165) is 51.3 Å². The number of piperazine rings is 1. The van der Waals surface area contributed by atoms with Gasteiger partial charge in [-0.2, -0.15) is 0 Å². The van der Waals surface area contributed by atoms with Crippen LogP contribution in [0.15, 0.2) is 54.6 Å². The molecule has 4 nitrogen and oxygen atoms in total. The van der Waals surface area contributed by atoms with Crippen LogP contribution in [-0.4, -0.2) is 50.3 Å². The Labute approximate surface area is 156 Å². The lowest BCUT2D eigenvalue weighted by molar-refractivity contribution is -0.220. The molecule has 2 heterocycles. The summed E-state index contributed by atoms with van der Waals surface area (Å²) in [6.07, 6.45) is 1.00. The zero-order valence-electron chi connectivity index (χ0n) is 15.5. The van der Waals surface area contributed by atoms with Crippen molar-refractivity contribution >= 4 is 5.69 Å². The molecule has 2 aliphatic rings. The molecule has 0 saturated carbocycles. The zero-order valence-corrected chi connectivity index (χ0v) is 15.5. The van der Waals surface area contributed by atoms with Crippen LogP contribution >= 0.6 is 0 Å². The third kappa shape index (κ3) is 4.26. The van der Waals surface area contributed by atoms with Gasteiger partial charge in [0.15, 0.2) is 6.29 Å². The highest BCUT2D eigenvalue weighted by atomic mass is 16.7. The topological polar surface area (TPSA) is 24.9 Å². The maximum Gasteiger partial charge on any atom is 0.184 e. The Morgan fingerprint density at radius 2 is 1.65 bits per heavy atom. The molecule has 2 aromatic rings. The first-order valence-electron chi connectivity index (χ1n) is 9.64. The summed E-state index contributed by atoms with van der Waals surface area (Å²) >= 11 is 0. The van der Waals surface area contributed by atoms with E-state index in [1.807, 2.05) is 18.2 Å². The van der Waals surface area contributed by atoms with Gasteiger partial charge in [-0.05, 0) is 25.5 Å². The second-order valence-corrected chi connectivity index (χ2v) is 7.28. The highest BCUT2D eigenvalue weighted by molar-refractivity contribution is 5.47. The minimum Gasteiger partial charge on any atom is -0.369 e. The van der Waals surface area contributed by atoms with Crippen LogP contribution in [0.3, 0.4) is 0 Å². The van der Waals surface area contributed by atoms with Gasteiger partial charge < -0.3 is 14.4 Å². The summed E-state index contributed by atoms with van der Waals surface area (Å²) in [5.41, 5.74) is 3.76. The number of anilines is 1. The minimum atomic E-state index is -0.219. The minimum absolute atomic E-state index is 0.219. The van der Waals surface area contributed by atoms with Crippen molar-refractivity contribution in [3.05, 3.63) is 65.7 Å². The second-order valence-electron chi connectivity index (χ2n) is 7.28. The summed E-state index contributed by atoms with van der Waals surface area (Å²) < 4.78 is 12.0. The van der Waals surface area contributed by atoms with Gasteiger partial charge in [-0.25, -0.2) is 0 Å². The molecular weight excluding hydrogens is 324 g/mol. The number of ether oxygens (including phenoxy) is 2. The van der Waals surface area contributed by atoms with E-state index < -0.39 is 0 Å². The first-order chi connectivity index (χ1) is 12.8. The Balaban J connectivity index is 1.28. The smallest absolute Gasteiger partial charge is 0.184 e. The third-order valence-electron chi connectivity index (χ3n) is 5.33. The van der Waals surface area contributed by atoms with Crippen LogP contribution in [0.5, 0.6) is 0 Å². The van der Waals surface area contributed by atoms with Gasteiger partial charge in [0.2, 0.25) is 0 Å². The van der Waals surface area contributed by atoms with Gasteiger partial charge in [-0.3, -0.25) is 4.90 Å². The second kappa shape index (κ2) is 8.21. The number of benzene rings is 2. The molecule has 4 heteroatoms. The Morgan fingerprint density at radius 1 is 0.923 bits per heavy atom. The summed E-state index contributed by atoms with van der Waals surface area (Å²) in [7, 11) is 0. The van der Waals surface area contributed by atoms with Crippen LogP contribution in [-0.2, 0) is 9.47 Å². The number of nitrogens with zero attached hydrogens (tertiary/aromatic N) is 2. The van der Waals surface area contributed by atoms with Gasteiger partial charge in [-0.1, -0.05) is 48.0 Å². The van der Waals surface area contributed by atoms with E-state index in [-0.39, 0.29) is 12.4 Å². The molecule has 138 valence electrons. The van der Waals surface area contributed by atoms with Gasteiger partial charge in [-0.15, -0.1) is 0 Å². The first-order valence-corrected chi connectivity index (χ1v) is 9.64. The lowest BCUT2D eigenvalue weighted by Crippen LogP contribution is -2.49. The fourth-order valence-electron chi connectivity index (χ4n) is 3.74. The van der Waals surface area contributed by atoms with Crippen molar-refractivity contribution in [3.8, 4) is 0 Å². The van der Waals surface area contributed by atoms with Crippen molar-refractivity contribution in [1.29, 1.82) is 0 Å². The number of rotatable bonds is 4. The van der Waals surface area contributed by atoms with Gasteiger partial charge in [0.1, 0.15) is 0 Å². The van der Waals surface area contributed by atoms with E-state index >= 15 is 0 Å². The van der Waals surface area contributed by atoms with Gasteiger partial charge in [0.05, 0.1) is 12.7 Å². The monoisotopic (exact) mass is 352 g/mol. The van der Waals surface area contributed by atoms with Crippen molar-refractivity contribution in [2.45, 2.75) is 25.7 Å². The van der Waals surface area contributed by atoms with Crippen molar-refractivity contribution < 1.29 is 9.47 Å². The Morgan fingerprint density at radius 3 is 2.38 bits per heavy atom. The molecule has 0 aliphatic carbocycles. The van der Waals surface area contributed by atoms with E-state index in [1.165, 1.54) is 11.3 Å². The molecule has 2 aliphatic heterocycles. The normalized spacial score (nSPS) is 24.6. The molecule has 0 spiro atoms. The maximum absolute atomic E-state index is 6.22. The highest BCUT2D eigenvalue weighted by Crippen LogP contribution is 2.27. The van der Waals surface area contributed by atoms with Crippen molar-refractivity contribution in [1.82, 2.24) is 4.90 Å². The van der Waals surface area contributed by atoms with E-state index in [4.69, 9.17) is 9.47 Å². The van der Waals surface area contributed by atoms with Gasteiger partial charge in [0, 0.05) is 44.0 Å². The summed E-state index contributed by atoms with van der Waals surface area (Å²) in [6.45, 7) is 8.23. The molecule has 0 bridgehead atoms. The molecule has 2 atom stereocenters. The molecule has 2 aromatic carbocycles. The quantitative estimate of drug-likeness (QED) is 0.839. The van der Waals surface area contributed by atoms with Crippen LogP contribution < -0.4 is 4.90 Å². The molecule has 26 heavy (non-hydrogen) atoms. The number of hydrogen-bond donors (Lipinski definition) is 0. The van der Waals surface area contributed by atoms with E-state index in [1.54, 1.807) is 0 Å². The molecule has 0 N–H and O–H groups in total. The van der Waals surface area contributed by atoms with E-state index in [2.05, 4.69) is 53.1 Å². The van der Waals surface area contributed by atoms with Gasteiger partial charge in [0.25, 0.3) is 0 Å². The van der Waals surface area contributed by atoms with Crippen LogP contribution in [0, 0.1) is 6.92 Å². The first kappa shape index (κ1) is 17.5. The Hall–Kier alpha value is -1.88. The van der Waals surface area contributed by atoms with Gasteiger partial charge >= 0.3 is 0 Å². The standard InChI is InChI=1S/C22H28N2O2/c1-18-7-9-20(10-8-18)24-14-12-23(13-15-24)17-21-11-16-25-22(26-21)19-5-3-2-4-6-19/h2-10,21-22H,11-17H2,1H3. The van der Waals surface area contributed by atoms with Crippen molar-refractivity contribution in [3.63, 3.8) is 0 Å². The maximum atomic E-state index is 6.22. The average molecular weight is 352 g/mol. The summed E-state index contributed by atoms with van der Waals surface area (Å²) in [5, 5.41) is 0. The van der Waals surface area contributed by atoms with Crippen LogP contribution in [0.4, 0.5) is 5.69 Å². The van der Waals surface area contributed by atoms with Crippen LogP contribution in [0.1, 0.15) is 23.8 Å². The molecule has 2 unspecified atom stereocenters. The Bertz CT molecular complexity index is 681.